The molecular weight excluding hydrogens is 206 g/mol. The third-order valence-corrected chi connectivity index (χ3v) is 2.10. The maximum Gasteiger partial charge on any atom is 0.166 e. The number of benzene rings is 1. The largest absolute Gasteiger partial charge is 0.203 e. The molecule has 0 spiro atoms. The first-order chi connectivity index (χ1) is 6.66. The Morgan fingerprint density at radius 2 is 2.00 bits per heavy atom. The minimum Gasteiger partial charge on any atom is -0.203 e. The summed E-state index contributed by atoms with van der Waals surface area (Å²) in [6.07, 6.45) is 3.91. The van der Waals surface area contributed by atoms with E-state index >= 15 is 0 Å². The molecule has 0 atom stereocenters. The van der Waals surface area contributed by atoms with Gasteiger partial charge in [0.25, 0.3) is 0 Å². The Labute approximate surface area is 87.2 Å². The molecule has 0 N–H and O–H groups in total. The monoisotopic (exact) mass is 216 g/mol. The molecule has 0 saturated carbocycles. The van der Waals surface area contributed by atoms with Crippen LogP contribution in [0, 0.1) is 18.6 Å². The van der Waals surface area contributed by atoms with Crippen molar-refractivity contribution in [2.24, 2.45) is 0 Å². The highest BCUT2D eigenvalue weighted by atomic mass is 35.5. The van der Waals surface area contributed by atoms with Gasteiger partial charge >= 0.3 is 0 Å². The van der Waals surface area contributed by atoms with Crippen LogP contribution in [0.15, 0.2) is 18.2 Å². The van der Waals surface area contributed by atoms with Crippen molar-refractivity contribution in [1.82, 2.24) is 0 Å². The molecule has 0 radical (unpaired) electrons. The number of rotatable bonds is 3. The van der Waals surface area contributed by atoms with Gasteiger partial charge in [-0.05, 0) is 18.9 Å². The van der Waals surface area contributed by atoms with E-state index in [-0.39, 0.29) is 5.56 Å². The predicted octanol–water partition coefficient (Wildman–Crippen LogP) is 3.92. The Balaban J connectivity index is 2.94. The smallest absolute Gasteiger partial charge is 0.166 e. The van der Waals surface area contributed by atoms with Crippen LogP contribution in [0.5, 0.6) is 0 Å². The average Bonchev–Trinajstić information content (AvgIpc) is 2.18. The van der Waals surface area contributed by atoms with Crippen molar-refractivity contribution in [2.45, 2.75) is 13.3 Å². The molecule has 1 rings (SSSR count). The zero-order chi connectivity index (χ0) is 10.6. The van der Waals surface area contributed by atoms with Crippen LogP contribution in [0.1, 0.15) is 17.5 Å². The van der Waals surface area contributed by atoms with Crippen LogP contribution in [0.25, 0.3) is 6.08 Å². The molecule has 0 fully saturated rings. The number of halogens is 3. The Morgan fingerprint density at radius 1 is 1.29 bits per heavy atom. The minimum atomic E-state index is -0.796. The molecule has 0 aliphatic rings. The highest BCUT2D eigenvalue weighted by Gasteiger charge is 2.07. The first-order valence-corrected chi connectivity index (χ1v) is 4.87. The van der Waals surface area contributed by atoms with E-state index in [0.29, 0.717) is 17.9 Å². The summed E-state index contributed by atoms with van der Waals surface area (Å²) in [4.78, 5) is 0. The van der Waals surface area contributed by atoms with E-state index in [2.05, 4.69) is 0 Å². The molecular formula is C11H11ClF2. The fraction of sp³-hybridized carbons (Fsp3) is 0.273. The standard InChI is InChI=1S/C11H11ClF2/c1-8-5-6-9(4-2-3-7-12)11(14)10(8)13/h2,4-6H,3,7H2,1H3/b4-2+. The summed E-state index contributed by atoms with van der Waals surface area (Å²) >= 11 is 5.44. The Kier molecular flexibility index (Phi) is 4.08. The normalized spacial score (nSPS) is 11.1. The van der Waals surface area contributed by atoms with Gasteiger partial charge in [-0.1, -0.05) is 24.3 Å². The second kappa shape index (κ2) is 5.11. The van der Waals surface area contributed by atoms with Gasteiger partial charge in [0, 0.05) is 11.4 Å². The van der Waals surface area contributed by atoms with Crippen molar-refractivity contribution in [3.63, 3.8) is 0 Å². The summed E-state index contributed by atoms with van der Waals surface area (Å²) in [6, 6.07) is 3.11. The fourth-order valence-corrected chi connectivity index (χ4v) is 1.19. The summed E-state index contributed by atoms with van der Waals surface area (Å²) in [5.41, 5.74) is 0.579. The molecule has 76 valence electrons. The van der Waals surface area contributed by atoms with Crippen LogP contribution < -0.4 is 0 Å². The highest BCUT2D eigenvalue weighted by Crippen LogP contribution is 2.16. The second-order valence-electron chi connectivity index (χ2n) is 2.98. The van der Waals surface area contributed by atoms with Crippen LogP contribution in [0.3, 0.4) is 0 Å². The molecule has 0 aromatic heterocycles. The molecule has 14 heavy (non-hydrogen) atoms. The average molecular weight is 217 g/mol. The van der Waals surface area contributed by atoms with Gasteiger partial charge < -0.3 is 0 Å². The number of hydrogen-bond donors (Lipinski definition) is 0. The van der Waals surface area contributed by atoms with Crippen LogP contribution >= 0.6 is 11.6 Å². The van der Waals surface area contributed by atoms with Gasteiger partial charge in [0.15, 0.2) is 11.6 Å². The van der Waals surface area contributed by atoms with Crippen molar-refractivity contribution in [1.29, 1.82) is 0 Å². The van der Waals surface area contributed by atoms with Gasteiger partial charge in [-0.3, -0.25) is 0 Å². The van der Waals surface area contributed by atoms with Crippen LogP contribution in [0.2, 0.25) is 0 Å². The van der Waals surface area contributed by atoms with E-state index in [9.17, 15) is 8.78 Å². The van der Waals surface area contributed by atoms with E-state index in [1.165, 1.54) is 6.92 Å². The van der Waals surface area contributed by atoms with E-state index in [1.807, 2.05) is 0 Å². The first kappa shape index (κ1) is 11.2. The fourth-order valence-electron chi connectivity index (χ4n) is 1.06. The van der Waals surface area contributed by atoms with Crippen molar-refractivity contribution in [2.75, 3.05) is 5.88 Å². The number of allylic oxidation sites excluding steroid dienone is 1. The Hall–Kier alpha value is -0.890. The number of hydrogen-bond acceptors (Lipinski definition) is 0. The maximum atomic E-state index is 13.2. The zero-order valence-corrected chi connectivity index (χ0v) is 8.61. The summed E-state index contributed by atoms with van der Waals surface area (Å²) in [7, 11) is 0. The molecule has 1 aromatic rings. The maximum absolute atomic E-state index is 13.2. The molecule has 0 aliphatic carbocycles. The van der Waals surface area contributed by atoms with Crippen molar-refractivity contribution in [3.8, 4) is 0 Å². The SMILES string of the molecule is Cc1ccc(/C=C/CCCl)c(F)c1F. The topological polar surface area (TPSA) is 0 Å². The summed E-state index contributed by atoms with van der Waals surface area (Å²) < 4.78 is 26.3. The molecule has 0 unspecified atom stereocenters. The summed E-state index contributed by atoms with van der Waals surface area (Å²) in [5.74, 6) is -1.10. The number of aryl methyl sites for hydroxylation is 1. The lowest BCUT2D eigenvalue weighted by Gasteiger charge is -2.01. The quantitative estimate of drug-likeness (QED) is 0.672. The lowest BCUT2D eigenvalue weighted by Crippen LogP contribution is -1.91. The van der Waals surface area contributed by atoms with Gasteiger partial charge in [0.1, 0.15) is 0 Å². The van der Waals surface area contributed by atoms with E-state index in [4.69, 9.17) is 11.6 Å². The summed E-state index contributed by atoms with van der Waals surface area (Å²) in [5, 5.41) is 0. The van der Waals surface area contributed by atoms with Gasteiger partial charge in [0.2, 0.25) is 0 Å². The lowest BCUT2D eigenvalue weighted by molar-refractivity contribution is 0.501. The molecule has 0 amide bonds. The predicted molar refractivity (Wildman–Crippen MR) is 55.5 cm³/mol. The lowest BCUT2D eigenvalue weighted by atomic mass is 10.1. The Morgan fingerprint density at radius 3 is 2.64 bits per heavy atom. The van der Waals surface area contributed by atoms with Crippen LogP contribution in [0.4, 0.5) is 8.78 Å². The molecule has 0 aliphatic heterocycles. The molecule has 0 saturated heterocycles. The van der Waals surface area contributed by atoms with Crippen LogP contribution in [-0.2, 0) is 0 Å². The molecule has 0 heterocycles. The minimum absolute atomic E-state index is 0.262. The van der Waals surface area contributed by atoms with Gasteiger partial charge in [-0.25, -0.2) is 8.78 Å². The number of alkyl halides is 1. The van der Waals surface area contributed by atoms with E-state index < -0.39 is 11.6 Å². The zero-order valence-electron chi connectivity index (χ0n) is 7.86. The van der Waals surface area contributed by atoms with E-state index in [0.717, 1.165) is 0 Å². The summed E-state index contributed by atoms with van der Waals surface area (Å²) in [6.45, 7) is 1.53. The van der Waals surface area contributed by atoms with Crippen LogP contribution in [-0.4, -0.2) is 5.88 Å². The molecule has 3 heteroatoms. The molecule has 1 aromatic carbocycles. The second-order valence-corrected chi connectivity index (χ2v) is 3.36. The molecule has 0 bridgehead atoms. The molecule has 0 nitrogen and oxygen atoms in total. The third kappa shape index (κ3) is 2.55. The van der Waals surface area contributed by atoms with Crippen molar-refractivity contribution < 1.29 is 8.78 Å². The van der Waals surface area contributed by atoms with Gasteiger partial charge in [-0.15, -0.1) is 11.6 Å². The highest BCUT2D eigenvalue weighted by molar-refractivity contribution is 6.17. The Bertz CT molecular complexity index is 345. The van der Waals surface area contributed by atoms with Gasteiger partial charge in [0.05, 0.1) is 0 Å². The van der Waals surface area contributed by atoms with E-state index in [1.54, 1.807) is 24.3 Å². The van der Waals surface area contributed by atoms with Crippen molar-refractivity contribution in [3.05, 3.63) is 41.0 Å². The third-order valence-electron chi connectivity index (χ3n) is 1.88. The first-order valence-electron chi connectivity index (χ1n) is 4.34. The van der Waals surface area contributed by atoms with Crippen molar-refractivity contribution >= 4 is 17.7 Å². The van der Waals surface area contributed by atoms with Gasteiger partial charge in [-0.2, -0.15) is 0 Å².